The zero-order valence-corrected chi connectivity index (χ0v) is 13.2. The number of nitrogens with one attached hydrogen (secondary N) is 1. The molecular formula is C17H24N4O. The molecule has 0 aliphatic rings. The molecule has 0 aliphatic heterocycles. The van der Waals surface area contributed by atoms with Crippen molar-refractivity contribution in [2.75, 3.05) is 0 Å². The Bertz CT molecular complexity index is 577. The number of nitrogens with two attached hydrogens (primary N) is 1. The Morgan fingerprint density at radius 3 is 2.59 bits per heavy atom. The second-order valence-electron chi connectivity index (χ2n) is 5.68. The highest BCUT2D eigenvalue weighted by molar-refractivity contribution is 5.81. The van der Waals surface area contributed by atoms with Crippen molar-refractivity contribution in [3.63, 3.8) is 0 Å². The van der Waals surface area contributed by atoms with Gasteiger partial charge in [0, 0.05) is 25.5 Å². The number of benzene rings is 1. The van der Waals surface area contributed by atoms with Crippen molar-refractivity contribution < 1.29 is 4.79 Å². The van der Waals surface area contributed by atoms with Crippen LogP contribution in [0.15, 0.2) is 43.0 Å². The first-order chi connectivity index (χ1) is 10.6. The minimum Gasteiger partial charge on any atom is -0.351 e. The number of rotatable bonds is 7. The SMILES string of the molecule is CCC(C)C(N)C(=O)NCc1ccc(Cn2ccnc2)cc1. The Kier molecular flexibility index (Phi) is 5.72. The predicted octanol–water partition coefficient (Wildman–Crippen LogP) is 1.92. The molecule has 0 bridgehead atoms. The summed E-state index contributed by atoms with van der Waals surface area (Å²) in [6, 6.07) is 7.75. The van der Waals surface area contributed by atoms with Gasteiger partial charge in [0.1, 0.15) is 0 Å². The fraction of sp³-hybridized carbons (Fsp3) is 0.412. The van der Waals surface area contributed by atoms with Gasteiger partial charge in [0.15, 0.2) is 0 Å². The highest BCUT2D eigenvalue weighted by Crippen LogP contribution is 2.08. The zero-order valence-electron chi connectivity index (χ0n) is 13.2. The van der Waals surface area contributed by atoms with Gasteiger partial charge in [-0.3, -0.25) is 4.79 Å². The van der Waals surface area contributed by atoms with Crippen LogP contribution in [0.3, 0.4) is 0 Å². The summed E-state index contributed by atoms with van der Waals surface area (Å²) >= 11 is 0. The Morgan fingerprint density at radius 2 is 2.00 bits per heavy atom. The number of aromatic nitrogens is 2. The minimum absolute atomic E-state index is 0.0863. The van der Waals surface area contributed by atoms with Gasteiger partial charge in [-0.15, -0.1) is 0 Å². The Labute approximate surface area is 131 Å². The molecule has 2 atom stereocenters. The van der Waals surface area contributed by atoms with E-state index in [2.05, 4.69) is 22.4 Å². The third-order valence-electron chi connectivity index (χ3n) is 3.97. The van der Waals surface area contributed by atoms with Crippen LogP contribution in [-0.2, 0) is 17.9 Å². The van der Waals surface area contributed by atoms with Gasteiger partial charge in [-0.1, -0.05) is 44.5 Å². The van der Waals surface area contributed by atoms with Crippen molar-refractivity contribution in [3.8, 4) is 0 Å². The molecule has 0 saturated carbocycles. The molecule has 1 aromatic heterocycles. The van der Waals surface area contributed by atoms with Crippen molar-refractivity contribution in [3.05, 3.63) is 54.1 Å². The first kappa shape index (κ1) is 16.2. The lowest BCUT2D eigenvalue weighted by molar-refractivity contribution is -0.123. The second kappa shape index (κ2) is 7.75. The number of carbonyl (C=O) groups is 1. The van der Waals surface area contributed by atoms with Crippen LogP contribution in [-0.4, -0.2) is 21.5 Å². The fourth-order valence-corrected chi connectivity index (χ4v) is 2.17. The standard InChI is InChI=1S/C17H24N4O/c1-3-13(2)16(18)17(22)20-10-14-4-6-15(7-5-14)11-21-9-8-19-12-21/h4-9,12-13,16H,3,10-11,18H2,1-2H3,(H,20,22). The lowest BCUT2D eigenvalue weighted by Crippen LogP contribution is -2.44. The smallest absolute Gasteiger partial charge is 0.237 e. The van der Waals surface area contributed by atoms with Crippen molar-refractivity contribution >= 4 is 5.91 Å². The van der Waals surface area contributed by atoms with Gasteiger partial charge in [-0.05, 0) is 17.0 Å². The molecule has 2 unspecified atom stereocenters. The van der Waals surface area contributed by atoms with Crippen LogP contribution in [0.4, 0.5) is 0 Å². The summed E-state index contributed by atoms with van der Waals surface area (Å²) in [5.74, 6) is 0.106. The summed E-state index contributed by atoms with van der Waals surface area (Å²) in [7, 11) is 0. The molecule has 5 nitrogen and oxygen atoms in total. The number of imidazole rings is 1. The third-order valence-corrected chi connectivity index (χ3v) is 3.97. The first-order valence-corrected chi connectivity index (χ1v) is 7.67. The van der Waals surface area contributed by atoms with E-state index in [0.29, 0.717) is 6.54 Å². The Morgan fingerprint density at radius 1 is 1.32 bits per heavy atom. The average molecular weight is 300 g/mol. The third kappa shape index (κ3) is 4.43. The lowest BCUT2D eigenvalue weighted by Gasteiger charge is -2.17. The number of nitrogens with zero attached hydrogens (tertiary/aromatic N) is 2. The van der Waals surface area contributed by atoms with Gasteiger partial charge in [0.05, 0.1) is 12.4 Å². The molecule has 1 aromatic carbocycles. The molecule has 0 saturated heterocycles. The molecular weight excluding hydrogens is 276 g/mol. The van der Waals surface area contributed by atoms with E-state index in [1.807, 2.05) is 36.7 Å². The molecule has 0 aliphatic carbocycles. The molecule has 1 heterocycles. The van der Waals surface area contributed by atoms with Crippen molar-refractivity contribution in [2.45, 2.75) is 39.4 Å². The van der Waals surface area contributed by atoms with Gasteiger partial charge in [0.25, 0.3) is 0 Å². The number of carbonyl (C=O) groups excluding carboxylic acids is 1. The topological polar surface area (TPSA) is 72.9 Å². The maximum atomic E-state index is 11.9. The molecule has 2 aromatic rings. The summed E-state index contributed by atoms with van der Waals surface area (Å²) in [5.41, 5.74) is 8.18. The summed E-state index contributed by atoms with van der Waals surface area (Å²) in [6.07, 6.45) is 6.40. The minimum atomic E-state index is -0.439. The average Bonchev–Trinajstić information content (AvgIpc) is 3.05. The van der Waals surface area contributed by atoms with Crippen LogP contribution in [0.25, 0.3) is 0 Å². The largest absolute Gasteiger partial charge is 0.351 e. The molecule has 0 radical (unpaired) electrons. The fourth-order valence-electron chi connectivity index (χ4n) is 2.17. The van der Waals surface area contributed by atoms with Crippen molar-refractivity contribution in [1.82, 2.24) is 14.9 Å². The highest BCUT2D eigenvalue weighted by Gasteiger charge is 2.18. The van der Waals surface area contributed by atoms with E-state index in [9.17, 15) is 4.79 Å². The van der Waals surface area contributed by atoms with E-state index in [-0.39, 0.29) is 11.8 Å². The normalized spacial score (nSPS) is 13.6. The predicted molar refractivity (Wildman–Crippen MR) is 87.0 cm³/mol. The van der Waals surface area contributed by atoms with Gasteiger partial charge >= 0.3 is 0 Å². The quantitative estimate of drug-likeness (QED) is 0.820. The molecule has 1 amide bonds. The van der Waals surface area contributed by atoms with Crippen molar-refractivity contribution in [1.29, 1.82) is 0 Å². The first-order valence-electron chi connectivity index (χ1n) is 7.67. The van der Waals surface area contributed by atoms with Crippen LogP contribution in [0.5, 0.6) is 0 Å². The maximum absolute atomic E-state index is 11.9. The van der Waals surface area contributed by atoms with E-state index in [4.69, 9.17) is 5.73 Å². The Hall–Kier alpha value is -2.14. The molecule has 0 spiro atoms. The van der Waals surface area contributed by atoms with E-state index in [0.717, 1.165) is 18.5 Å². The van der Waals surface area contributed by atoms with E-state index < -0.39 is 6.04 Å². The van der Waals surface area contributed by atoms with Crippen LogP contribution in [0, 0.1) is 5.92 Å². The summed E-state index contributed by atoms with van der Waals surface area (Å²) < 4.78 is 2.02. The molecule has 22 heavy (non-hydrogen) atoms. The van der Waals surface area contributed by atoms with Gasteiger partial charge in [-0.2, -0.15) is 0 Å². The van der Waals surface area contributed by atoms with E-state index in [1.165, 1.54) is 5.56 Å². The second-order valence-corrected chi connectivity index (χ2v) is 5.68. The molecule has 0 fully saturated rings. The number of hydrogen-bond acceptors (Lipinski definition) is 3. The summed E-state index contributed by atoms with van der Waals surface area (Å²) in [5, 5.41) is 2.90. The Balaban J connectivity index is 1.85. The van der Waals surface area contributed by atoms with Crippen LogP contribution >= 0.6 is 0 Å². The zero-order chi connectivity index (χ0) is 15.9. The van der Waals surface area contributed by atoms with Crippen LogP contribution in [0.1, 0.15) is 31.4 Å². The summed E-state index contributed by atoms with van der Waals surface area (Å²) in [4.78, 5) is 16.0. The van der Waals surface area contributed by atoms with E-state index >= 15 is 0 Å². The molecule has 2 rings (SSSR count). The van der Waals surface area contributed by atoms with Gasteiger partial charge < -0.3 is 15.6 Å². The van der Waals surface area contributed by atoms with Crippen LogP contribution in [0.2, 0.25) is 0 Å². The highest BCUT2D eigenvalue weighted by atomic mass is 16.2. The monoisotopic (exact) mass is 300 g/mol. The molecule has 5 heteroatoms. The number of hydrogen-bond donors (Lipinski definition) is 2. The van der Waals surface area contributed by atoms with Gasteiger partial charge in [0.2, 0.25) is 5.91 Å². The van der Waals surface area contributed by atoms with Crippen LogP contribution < -0.4 is 11.1 Å². The summed E-state index contributed by atoms with van der Waals surface area (Å²) in [6.45, 7) is 5.34. The van der Waals surface area contributed by atoms with Crippen molar-refractivity contribution in [2.24, 2.45) is 11.7 Å². The molecule has 118 valence electrons. The maximum Gasteiger partial charge on any atom is 0.237 e. The lowest BCUT2D eigenvalue weighted by atomic mass is 9.99. The van der Waals surface area contributed by atoms with E-state index in [1.54, 1.807) is 12.5 Å². The number of amides is 1. The van der Waals surface area contributed by atoms with Gasteiger partial charge in [-0.25, -0.2) is 4.98 Å². The molecule has 3 N–H and O–H groups in total.